The summed E-state index contributed by atoms with van der Waals surface area (Å²) in [6, 6.07) is 14.6. The predicted octanol–water partition coefficient (Wildman–Crippen LogP) is 4.10. The van der Waals surface area contributed by atoms with Crippen LogP contribution >= 0.6 is 23.2 Å². The van der Waals surface area contributed by atoms with Crippen LogP contribution in [-0.2, 0) is 16.0 Å². The fourth-order valence-corrected chi connectivity index (χ4v) is 2.97. The fourth-order valence-electron chi connectivity index (χ4n) is 2.47. The van der Waals surface area contributed by atoms with Crippen LogP contribution in [0.3, 0.4) is 0 Å². The molecule has 25 heavy (non-hydrogen) atoms. The molecule has 0 spiro atoms. The Morgan fingerprint density at radius 3 is 2.44 bits per heavy atom. The molecule has 132 valence electrons. The summed E-state index contributed by atoms with van der Waals surface area (Å²) in [5.74, 6) is -0.528. The molecule has 0 fully saturated rings. The van der Waals surface area contributed by atoms with Gasteiger partial charge >= 0.3 is 0 Å². The van der Waals surface area contributed by atoms with Crippen molar-refractivity contribution in [3.05, 3.63) is 64.1 Å². The Labute approximate surface area is 157 Å². The van der Waals surface area contributed by atoms with Gasteiger partial charge in [0.1, 0.15) is 6.42 Å². The topological polar surface area (TPSA) is 49.4 Å². The summed E-state index contributed by atoms with van der Waals surface area (Å²) in [4.78, 5) is 26.0. The van der Waals surface area contributed by atoms with E-state index in [-0.39, 0.29) is 18.2 Å². The smallest absolute Gasteiger partial charge is 0.236 e. The van der Waals surface area contributed by atoms with Gasteiger partial charge in [-0.2, -0.15) is 0 Å². The Balaban J connectivity index is 1.84. The summed E-state index contributed by atoms with van der Waals surface area (Å²) in [5.41, 5.74) is 1.69. The summed E-state index contributed by atoms with van der Waals surface area (Å²) in [7, 11) is 0. The molecule has 0 saturated heterocycles. The molecule has 0 aliphatic carbocycles. The first-order valence-electron chi connectivity index (χ1n) is 8.07. The fraction of sp³-hybridized carbons (Fsp3) is 0.263. The van der Waals surface area contributed by atoms with Gasteiger partial charge in [0.2, 0.25) is 11.8 Å². The predicted molar refractivity (Wildman–Crippen MR) is 102 cm³/mol. The Hall–Kier alpha value is -2.04. The molecule has 0 aromatic heterocycles. The lowest BCUT2D eigenvalue weighted by Crippen LogP contribution is -2.36. The first-order valence-corrected chi connectivity index (χ1v) is 8.83. The van der Waals surface area contributed by atoms with Crippen LogP contribution in [0.4, 0.5) is 5.69 Å². The second kappa shape index (κ2) is 9.44. The monoisotopic (exact) mass is 378 g/mol. The summed E-state index contributed by atoms with van der Waals surface area (Å²) in [6.07, 6.45) is 0.392. The van der Waals surface area contributed by atoms with Crippen molar-refractivity contribution in [1.82, 2.24) is 5.32 Å². The summed E-state index contributed by atoms with van der Waals surface area (Å²) in [6.45, 7) is 2.80. The number of para-hydroxylation sites is 1. The van der Waals surface area contributed by atoms with Crippen molar-refractivity contribution in [3.8, 4) is 0 Å². The Bertz CT molecular complexity index is 735. The number of carbonyl (C=O) groups is 2. The standard InChI is InChI=1S/C19H20Cl2N2O2/c1-2-23(16-6-4-3-5-7-16)19(25)13-18(24)22-11-10-14-8-9-15(20)12-17(14)21/h3-9,12H,2,10-11,13H2,1H3,(H,22,24). The van der Waals surface area contributed by atoms with Crippen LogP contribution in [0.15, 0.2) is 48.5 Å². The molecule has 0 unspecified atom stereocenters. The van der Waals surface area contributed by atoms with Gasteiger partial charge < -0.3 is 10.2 Å². The quantitative estimate of drug-likeness (QED) is 0.737. The number of carbonyl (C=O) groups excluding carboxylic acids is 2. The minimum Gasteiger partial charge on any atom is -0.355 e. The van der Waals surface area contributed by atoms with Crippen LogP contribution < -0.4 is 10.2 Å². The van der Waals surface area contributed by atoms with E-state index in [1.807, 2.05) is 43.3 Å². The van der Waals surface area contributed by atoms with Crippen molar-refractivity contribution in [2.24, 2.45) is 0 Å². The summed E-state index contributed by atoms with van der Waals surface area (Å²) < 4.78 is 0. The highest BCUT2D eigenvalue weighted by Gasteiger charge is 2.17. The number of nitrogens with one attached hydrogen (secondary N) is 1. The first-order chi connectivity index (χ1) is 12.0. The lowest BCUT2D eigenvalue weighted by atomic mass is 10.1. The molecule has 2 rings (SSSR count). The van der Waals surface area contributed by atoms with E-state index in [0.717, 1.165) is 11.3 Å². The second-order valence-electron chi connectivity index (χ2n) is 5.49. The Morgan fingerprint density at radius 2 is 1.80 bits per heavy atom. The highest BCUT2D eigenvalue weighted by molar-refractivity contribution is 6.35. The van der Waals surface area contributed by atoms with E-state index in [1.54, 1.807) is 17.0 Å². The van der Waals surface area contributed by atoms with E-state index in [9.17, 15) is 9.59 Å². The molecule has 0 aliphatic heterocycles. The zero-order valence-corrected chi connectivity index (χ0v) is 15.5. The van der Waals surface area contributed by atoms with Crippen LogP contribution in [0.5, 0.6) is 0 Å². The van der Waals surface area contributed by atoms with Crippen molar-refractivity contribution < 1.29 is 9.59 Å². The van der Waals surface area contributed by atoms with E-state index in [0.29, 0.717) is 29.6 Å². The van der Waals surface area contributed by atoms with Gasteiger partial charge in [-0.3, -0.25) is 9.59 Å². The largest absolute Gasteiger partial charge is 0.355 e. The van der Waals surface area contributed by atoms with E-state index in [4.69, 9.17) is 23.2 Å². The van der Waals surface area contributed by atoms with Crippen LogP contribution in [0.1, 0.15) is 18.9 Å². The molecular weight excluding hydrogens is 359 g/mol. The van der Waals surface area contributed by atoms with Gasteiger partial charge in [-0.25, -0.2) is 0 Å². The maximum absolute atomic E-state index is 12.3. The van der Waals surface area contributed by atoms with Gasteiger partial charge in [0, 0.05) is 28.8 Å². The zero-order valence-electron chi connectivity index (χ0n) is 14.0. The molecule has 0 heterocycles. The second-order valence-corrected chi connectivity index (χ2v) is 6.33. The minimum absolute atomic E-state index is 0.183. The number of rotatable bonds is 7. The normalized spacial score (nSPS) is 10.4. The highest BCUT2D eigenvalue weighted by atomic mass is 35.5. The molecule has 2 aromatic carbocycles. The summed E-state index contributed by atoms with van der Waals surface area (Å²) >= 11 is 12.0. The third-order valence-corrected chi connectivity index (χ3v) is 4.32. The molecular formula is C19H20Cl2N2O2. The van der Waals surface area contributed by atoms with Gasteiger partial charge in [-0.05, 0) is 43.2 Å². The third kappa shape index (κ3) is 5.76. The Morgan fingerprint density at radius 1 is 1.08 bits per heavy atom. The average Bonchev–Trinajstić information content (AvgIpc) is 2.58. The molecule has 2 amide bonds. The number of nitrogens with zero attached hydrogens (tertiary/aromatic N) is 1. The molecule has 6 heteroatoms. The van der Waals surface area contributed by atoms with Gasteiger partial charge in [-0.1, -0.05) is 47.5 Å². The van der Waals surface area contributed by atoms with Gasteiger partial charge in [0.25, 0.3) is 0 Å². The molecule has 0 radical (unpaired) electrons. The van der Waals surface area contributed by atoms with Gasteiger partial charge in [0.15, 0.2) is 0 Å². The lowest BCUT2D eigenvalue weighted by Gasteiger charge is -2.20. The number of hydrogen-bond acceptors (Lipinski definition) is 2. The van der Waals surface area contributed by atoms with Crippen molar-refractivity contribution >= 4 is 40.7 Å². The van der Waals surface area contributed by atoms with Crippen molar-refractivity contribution in [2.45, 2.75) is 19.8 Å². The van der Waals surface area contributed by atoms with Crippen LogP contribution in [-0.4, -0.2) is 24.9 Å². The van der Waals surface area contributed by atoms with Crippen LogP contribution in [0.25, 0.3) is 0 Å². The molecule has 0 bridgehead atoms. The van der Waals surface area contributed by atoms with E-state index in [2.05, 4.69) is 5.32 Å². The number of hydrogen-bond donors (Lipinski definition) is 1. The van der Waals surface area contributed by atoms with Crippen molar-refractivity contribution in [2.75, 3.05) is 18.0 Å². The molecule has 0 saturated carbocycles. The lowest BCUT2D eigenvalue weighted by molar-refractivity contribution is -0.127. The summed E-state index contributed by atoms with van der Waals surface area (Å²) in [5, 5.41) is 3.90. The Kier molecular flexibility index (Phi) is 7.29. The molecule has 1 N–H and O–H groups in total. The third-order valence-electron chi connectivity index (χ3n) is 3.73. The van der Waals surface area contributed by atoms with E-state index < -0.39 is 0 Å². The van der Waals surface area contributed by atoms with Crippen LogP contribution in [0.2, 0.25) is 10.0 Å². The van der Waals surface area contributed by atoms with Gasteiger partial charge in [-0.15, -0.1) is 0 Å². The minimum atomic E-state index is -0.301. The van der Waals surface area contributed by atoms with E-state index >= 15 is 0 Å². The molecule has 4 nitrogen and oxygen atoms in total. The molecule has 0 aliphatic rings. The maximum atomic E-state index is 12.3. The first kappa shape index (κ1) is 19.3. The number of anilines is 1. The number of amides is 2. The van der Waals surface area contributed by atoms with Gasteiger partial charge in [0.05, 0.1) is 0 Å². The number of benzene rings is 2. The van der Waals surface area contributed by atoms with Crippen molar-refractivity contribution in [3.63, 3.8) is 0 Å². The molecule has 2 aromatic rings. The maximum Gasteiger partial charge on any atom is 0.236 e. The highest BCUT2D eigenvalue weighted by Crippen LogP contribution is 2.21. The average molecular weight is 379 g/mol. The van der Waals surface area contributed by atoms with Crippen LogP contribution in [0, 0.1) is 0 Å². The molecule has 0 atom stereocenters. The zero-order chi connectivity index (χ0) is 18.2. The number of halogens is 2. The van der Waals surface area contributed by atoms with Crippen molar-refractivity contribution in [1.29, 1.82) is 0 Å². The SMILES string of the molecule is CCN(C(=O)CC(=O)NCCc1ccc(Cl)cc1Cl)c1ccccc1. The van der Waals surface area contributed by atoms with E-state index in [1.165, 1.54) is 0 Å².